The van der Waals surface area contributed by atoms with E-state index in [2.05, 4.69) is 20.9 Å². The minimum atomic E-state index is -0.794. The Labute approximate surface area is 191 Å². The lowest BCUT2D eigenvalue weighted by molar-refractivity contribution is -0.140. The van der Waals surface area contributed by atoms with Crippen LogP contribution in [-0.2, 0) is 14.3 Å². The molecule has 2 amide bonds. The second kappa shape index (κ2) is 13.1. The molecule has 0 aromatic heterocycles. The minimum absolute atomic E-state index is 0. The molecule has 170 valence electrons. The van der Waals surface area contributed by atoms with E-state index in [0.717, 1.165) is 39.0 Å². The highest BCUT2D eigenvalue weighted by Gasteiger charge is 2.39. The fraction of sp³-hybridized carbons (Fsp3) is 0.619. The second-order valence-electron chi connectivity index (χ2n) is 7.72. The third kappa shape index (κ3) is 7.39. The Kier molecular flexibility index (Phi) is 11.7. The topological polar surface area (TPSA) is 82.7 Å². The van der Waals surface area contributed by atoms with Gasteiger partial charge >= 0.3 is 0 Å². The number of amides is 2. The second-order valence-corrected chi connectivity index (χ2v) is 7.72. The van der Waals surface area contributed by atoms with Crippen LogP contribution in [0.5, 0.6) is 0 Å². The average Bonchev–Trinajstić information content (AvgIpc) is 2.97. The highest BCUT2D eigenvalue weighted by atomic mass is 35.5. The maximum absolute atomic E-state index is 12.8. The van der Waals surface area contributed by atoms with Gasteiger partial charge in [0, 0.05) is 18.5 Å². The van der Waals surface area contributed by atoms with Crippen LogP contribution in [0.3, 0.4) is 0 Å². The summed E-state index contributed by atoms with van der Waals surface area (Å²) in [6.07, 6.45) is 6.10. The summed E-state index contributed by atoms with van der Waals surface area (Å²) in [7, 11) is 1.59. The van der Waals surface area contributed by atoms with Crippen molar-refractivity contribution in [3.63, 3.8) is 0 Å². The van der Waals surface area contributed by atoms with Gasteiger partial charge in [-0.2, -0.15) is 0 Å². The smallest absolute Gasteiger partial charge is 0.256 e. The van der Waals surface area contributed by atoms with Crippen LogP contribution < -0.4 is 16.0 Å². The van der Waals surface area contributed by atoms with Gasteiger partial charge in [0.1, 0.15) is 5.60 Å². The van der Waals surface area contributed by atoms with Crippen molar-refractivity contribution in [2.24, 2.45) is 0 Å². The lowest BCUT2D eigenvalue weighted by atomic mass is 9.91. The molecule has 0 atom stereocenters. The molecule has 3 N–H and O–H groups in total. The minimum Gasteiger partial charge on any atom is -0.368 e. The van der Waals surface area contributed by atoms with Gasteiger partial charge in [-0.05, 0) is 70.1 Å². The zero-order chi connectivity index (χ0) is 19.8. The molecule has 2 aliphatic rings. The number of hydrogen-bond donors (Lipinski definition) is 3. The van der Waals surface area contributed by atoms with Crippen molar-refractivity contribution in [1.82, 2.24) is 10.2 Å². The van der Waals surface area contributed by atoms with Crippen molar-refractivity contribution in [2.75, 3.05) is 50.5 Å². The first-order chi connectivity index (χ1) is 13.6. The zero-order valence-electron chi connectivity index (χ0n) is 17.6. The summed E-state index contributed by atoms with van der Waals surface area (Å²) in [5.74, 6) is -0.151. The summed E-state index contributed by atoms with van der Waals surface area (Å²) in [6.45, 7) is 3.90. The van der Waals surface area contributed by atoms with E-state index in [0.29, 0.717) is 30.8 Å². The lowest BCUT2D eigenvalue weighted by Gasteiger charge is -2.34. The Morgan fingerprint density at radius 3 is 2.23 bits per heavy atom. The first-order valence-electron chi connectivity index (χ1n) is 10.3. The molecule has 1 aromatic rings. The first-order valence-corrected chi connectivity index (χ1v) is 10.3. The first kappa shape index (κ1) is 26.7. The van der Waals surface area contributed by atoms with E-state index in [1.807, 2.05) is 18.2 Å². The Bertz CT molecular complexity index is 676. The fourth-order valence-electron chi connectivity index (χ4n) is 3.97. The third-order valence-electron chi connectivity index (χ3n) is 5.69. The van der Waals surface area contributed by atoms with Gasteiger partial charge in [0.15, 0.2) is 0 Å². The van der Waals surface area contributed by atoms with Crippen LogP contribution >= 0.6 is 24.8 Å². The van der Waals surface area contributed by atoms with Crippen LogP contribution in [0.1, 0.15) is 38.5 Å². The van der Waals surface area contributed by atoms with Gasteiger partial charge in [0.05, 0.1) is 6.54 Å². The van der Waals surface area contributed by atoms with Gasteiger partial charge in [0.2, 0.25) is 5.91 Å². The molecule has 1 aromatic carbocycles. The summed E-state index contributed by atoms with van der Waals surface area (Å²) in [4.78, 5) is 27.4. The number of hydrogen-bond acceptors (Lipinski definition) is 5. The van der Waals surface area contributed by atoms with E-state index in [1.54, 1.807) is 13.2 Å². The van der Waals surface area contributed by atoms with Crippen molar-refractivity contribution in [3.8, 4) is 0 Å². The number of anilines is 2. The number of likely N-dealkylation sites (tertiary alicyclic amines) is 1. The number of benzene rings is 1. The van der Waals surface area contributed by atoms with E-state index in [4.69, 9.17) is 4.74 Å². The van der Waals surface area contributed by atoms with Crippen LogP contribution in [0, 0.1) is 0 Å². The van der Waals surface area contributed by atoms with Gasteiger partial charge in [-0.15, -0.1) is 24.8 Å². The normalized spacial score (nSPS) is 18.8. The monoisotopic (exact) mass is 460 g/mol. The molecule has 0 bridgehead atoms. The molecule has 0 saturated carbocycles. The number of nitrogens with zero attached hydrogens (tertiary/aromatic N) is 1. The summed E-state index contributed by atoms with van der Waals surface area (Å²) >= 11 is 0. The van der Waals surface area contributed by atoms with E-state index >= 15 is 0 Å². The summed E-state index contributed by atoms with van der Waals surface area (Å²) in [5, 5.41) is 9.16. The molecule has 2 fully saturated rings. The van der Waals surface area contributed by atoms with Crippen LogP contribution in [-0.4, -0.2) is 62.1 Å². The van der Waals surface area contributed by atoms with Crippen molar-refractivity contribution in [1.29, 1.82) is 0 Å². The van der Waals surface area contributed by atoms with E-state index in [9.17, 15) is 9.59 Å². The number of carbonyl (C=O) groups is 2. The van der Waals surface area contributed by atoms with Crippen molar-refractivity contribution in [2.45, 2.75) is 44.1 Å². The van der Waals surface area contributed by atoms with Crippen LogP contribution in [0.25, 0.3) is 0 Å². The molecule has 9 heteroatoms. The third-order valence-corrected chi connectivity index (χ3v) is 5.69. The maximum atomic E-state index is 12.8. The Morgan fingerprint density at radius 2 is 1.63 bits per heavy atom. The van der Waals surface area contributed by atoms with Crippen LogP contribution in [0.15, 0.2) is 24.3 Å². The molecular formula is C21H34Cl2N4O3. The fourth-order valence-corrected chi connectivity index (χ4v) is 3.97. The van der Waals surface area contributed by atoms with E-state index in [-0.39, 0.29) is 36.6 Å². The predicted molar refractivity (Wildman–Crippen MR) is 125 cm³/mol. The Morgan fingerprint density at radius 1 is 1.03 bits per heavy atom. The number of methoxy groups -OCH3 is 1. The summed E-state index contributed by atoms with van der Waals surface area (Å²) in [5.41, 5.74) is 0.555. The zero-order valence-corrected chi connectivity index (χ0v) is 19.2. The molecule has 0 radical (unpaired) electrons. The van der Waals surface area contributed by atoms with Gasteiger partial charge in [-0.25, -0.2) is 0 Å². The quantitative estimate of drug-likeness (QED) is 0.607. The van der Waals surface area contributed by atoms with Crippen molar-refractivity contribution >= 4 is 48.0 Å². The average molecular weight is 461 g/mol. The number of piperidine rings is 1. The van der Waals surface area contributed by atoms with Crippen LogP contribution in [0.2, 0.25) is 0 Å². The van der Waals surface area contributed by atoms with Crippen molar-refractivity contribution < 1.29 is 14.3 Å². The maximum Gasteiger partial charge on any atom is 0.256 e. The number of halogens is 2. The summed E-state index contributed by atoms with van der Waals surface area (Å²) < 4.78 is 5.58. The molecule has 2 saturated heterocycles. The highest BCUT2D eigenvalue weighted by Crippen LogP contribution is 2.25. The molecule has 0 unspecified atom stereocenters. The Balaban J connectivity index is 0.00000225. The number of rotatable bonds is 6. The predicted octanol–water partition coefficient (Wildman–Crippen LogP) is 3.05. The van der Waals surface area contributed by atoms with Gasteiger partial charge < -0.3 is 20.7 Å². The standard InChI is InChI=1S/C21H32N4O3.2ClH/c1-28-21(9-11-22-12-10-21)20(27)24-18-8-6-7-17(15-18)23-19(26)16-25-13-4-2-3-5-14-25;;/h6-8,15,22H,2-5,9-14,16H2,1H3,(H,23,26)(H,24,27);2*1H. The molecule has 2 heterocycles. The summed E-state index contributed by atoms with van der Waals surface area (Å²) in [6, 6.07) is 7.29. The number of nitrogens with one attached hydrogen (secondary N) is 3. The molecule has 3 rings (SSSR count). The molecule has 7 nitrogen and oxygen atoms in total. The molecule has 30 heavy (non-hydrogen) atoms. The molecular weight excluding hydrogens is 427 g/mol. The highest BCUT2D eigenvalue weighted by molar-refractivity contribution is 5.98. The molecule has 0 spiro atoms. The molecule has 2 aliphatic heterocycles. The van der Waals surface area contributed by atoms with E-state index < -0.39 is 5.60 Å². The van der Waals surface area contributed by atoms with E-state index in [1.165, 1.54) is 12.8 Å². The SMILES string of the molecule is COC1(C(=O)Nc2cccc(NC(=O)CN3CCCCCC3)c2)CCNCC1.Cl.Cl. The van der Waals surface area contributed by atoms with Gasteiger partial charge in [0.25, 0.3) is 5.91 Å². The van der Waals surface area contributed by atoms with Gasteiger partial charge in [-0.1, -0.05) is 18.9 Å². The van der Waals surface area contributed by atoms with Crippen molar-refractivity contribution in [3.05, 3.63) is 24.3 Å². The lowest BCUT2D eigenvalue weighted by Crippen LogP contribution is -2.51. The Hall–Kier alpha value is -1.38. The van der Waals surface area contributed by atoms with Crippen LogP contribution in [0.4, 0.5) is 11.4 Å². The number of ether oxygens (including phenoxy) is 1. The molecule has 0 aliphatic carbocycles. The number of carbonyl (C=O) groups excluding carboxylic acids is 2. The largest absolute Gasteiger partial charge is 0.368 e. The van der Waals surface area contributed by atoms with Gasteiger partial charge in [-0.3, -0.25) is 14.5 Å².